The molecule has 0 aliphatic carbocycles. The monoisotopic (exact) mass is 422 g/mol. The highest BCUT2D eigenvalue weighted by Gasteiger charge is 2.12. The molecule has 0 atom stereocenters. The van der Waals surface area contributed by atoms with Crippen LogP contribution in [0.4, 0.5) is 11.4 Å². The van der Waals surface area contributed by atoms with Gasteiger partial charge in [-0.1, -0.05) is 18.2 Å². The Balaban J connectivity index is 1.28. The van der Waals surface area contributed by atoms with Crippen LogP contribution in [-0.2, 0) is 0 Å². The summed E-state index contributed by atoms with van der Waals surface area (Å²) in [5.74, 6) is 0.304. The average Bonchev–Trinajstić information content (AvgIpc) is 3.50. The summed E-state index contributed by atoms with van der Waals surface area (Å²) in [5, 5.41) is 5.59. The number of aromatic amines is 1. The molecule has 156 valence electrons. The maximum atomic E-state index is 12.7. The van der Waals surface area contributed by atoms with Gasteiger partial charge in [0.05, 0.1) is 17.3 Å². The number of para-hydroxylation sites is 2. The van der Waals surface area contributed by atoms with Crippen LogP contribution in [0.2, 0.25) is 0 Å². The third-order valence-electron chi connectivity index (χ3n) is 4.93. The zero-order valence-corrected chi connectivity index (χ0v) is 16.8. The van der Waals surface area contributed by atoms with Gasteiger partial charge in [-0.2, -0.15) is 0 Å². The fourth-order valence-corrected chi connectivity index (χ4v) is 3.34. The molecule has 2 amide bonds. The van der Waals surface area contributed by atoms with Crippen molar-refractivity contribution in [2.24, 2.45) is 0 Å². The number of carbonyl (C=O) groups is 2. The highest BCUT2D eigenvalue weighted by Crippen LogP contribution is 2.22. The minimum absolute atomic E-state index is 0.199. The van der Waals surface area contributed by atoms with Crippen molar-refractivity contribution in [3.05, 3.63) is 103 Å². The maximum absolute atomic E-state index is 12.7. The van der Waals surface area contributed by atoms with E-state index in [9.17, 15) is 9.59 Å². The number of hydrogen-bond acceptors (Lipinski definition) is 4. The topological polar surface area (TPSA) is 100 Å². The van der Waals surface area contributed by atoms with Gasteiger partial charge in [0.1, 0.15) is 5.82 Å². The van der Waals surface area contributed by atoms with Gasteiger partial charge < -0.3 is 20.0 Å². The second-order valence-electron chi connectivity index (χ2n) is 7.15. The standard InChI is InChI=1S/C25H18N4O3/c30-24(17-5-3-6-19(15-17)27-25(31)22-9-4-14-32-22)26-18-12-10-16(11-13-18)23-28-20-7-1-2-8-21(20)29-23/h1-15H,(H,26,30)(H,27,31)(H,28,29). The molecule has 0 saturated heterocycles. The molecule has 5 rings (SSSR count). The van der Waals surface area contributed by atoms with Crippen molar-refractivity contribution in [3.63, 3.8) is 0 Å². The van der Waals surface area contributed by atoms with Gasteiger partial charge in [-0.3, -0.25) is 9.59 Å². The second kappa shape index (κ2) is 8.23. The molecule has 3 aromatic carbocycles. The lowest BCUT2D eigenvalue weighted by Gasteiger charge is -2.08. The lowest BCUT2D eigenvalue weighted by molar-refractivity contribution is 0.0993. The first-order valence-electron chi connectivity index (χ1n) is 9.97. The van der Waals surface area contributed by atoms with Crippen molar-refractivity contribution >= 4 is 34.2 Å². The fraction of sp³-hybridized carbons (Fsp3) is 0. The van der Waals surface area contributed by atoms with E-state index in [1.807, 2.05) is 48.5 Å². The molecular weight excluding hydrogens is 404 g/mol. The first kappa shape index (κ1) is 19.3. The molecule has 32 heavy (non-hydrogen) atoms. The van der Waals surface area contributed by atoms with Gasteiger partial charge >= 0.3 is 0 Å². The van der Waals surface area contributed by atoms with Crippen molar-refractivity contribution in [3.8, 4) is 11.4 Å². The number of amides is 2. The summed E-state index contributed by atoms with van der Waals surface area (Å²) >= 11 is 0. The van der Waals surface area contributed by atoms with Gasteiger partial charge in [0.15, 0.2) is 5.76 Å². The van der Waals surface area contributed by atoms with E-state index >= 15 is 0 Å². The van der Waals surface area contributed by atoms with E-state index in [1.54, 1.807) is 36.4 Å². The zero-order valence-electron chi connectivity index (χ0n) is 16.8. The van der Waals surface area contributed by atoms with Gasteiger partial charge in [-0.25, -0.2) is 4.98 Å². The maximum Gasteiger partial charge on any atom is 0.291 e. The van der Waals surface area contributed by atoms with Gasteiger partial charge in [-0.15, -0.1) is 0 Å². The highest BCUT2D eigenvalue weighted by atomic mass is 16.3. The number of carbonyl (C=O) groups excluding carboxylic acids is 2. The molecule has 0 radical (unpaired) electrons. The molecule has 5 aromatic rings. The van der Waals surface area contributed by atoms with E-state index in [-0.39, 0.29) is 17.6 Å². The summed E-state index contributed by atoms with van der Waals surface area (Å²) in [6.45, 7) is 0. The first-order chi connectivity index (χ1) is 15.7. The lowest BCUT2D eigenvalue weighted by atomic mass is 10.1. The second-order valence-corrected chi connectivity index (χ2v) is 7.15. The van der Waals surface area contributed by atoms with Gasteiger partial charge in [0.25, 0.3) is 11.8 Å². The van der Waals surface area contributed by atoms with Gasteiger partial charge in [0, 0.05) is 22.5 Å². The van der Waals surface area contributed by atoms with Crippen LogP contribution >= 0.6 is 0 Å². The molecule has 0 fully saturated rings. The Labute approximate surface area is 183 Å². The molecular formula is C25H18N4O3. The van der Waals surface area contributed by atoms with E-state index in [4.69, 9.17) is 4.42 Å². The summed E-state index contributed by atoms with van der Waals surface area (Å²) < 4.78 is 5.08. The molecule has 0 bridgehead atoms. The molecule has 7 heteroatoms. The average molecular weight is 422 g/mol. The van der Waals surface area contributed by atoms with Crippen molar-refractivity contribution in [2.45, 2.75) is 0 Å². The number of H-pyrrole nitrogens is 1. The van der Waals surface area contributed by atoms with Crippen LogP contribution in [0.25, 0.3) is 22.4 Å². The SMILES string of the molecule is O=C(Nc1ccc(-c2nc3ccccc3[nH]2)cc1)c1cccc(NC(=O)c2ccco2)c1. The van der Waals surface area contributed by atoms with Crippen LogP contribution in [0, 0.1) is 0 Å². The molecule has 0 aliphatic rings. The predicted molar refractivity (Wildman–Crippen MR) is 123 cm³/mol. The molecule has 3 N–H and O–H groups in total. The largest absolute Gasteiger partial charge is 0.459 e. The van der Waals surface area contributed by atoms with Gasteiger partial charge in [-0.05, 0) is 66.7 Å². The summed E-state index contributed by atoms with van der Waals surface area (Å²) in [4.78, 5) is 32.7. The van der Waals surface area contributed by atoms with Crippen molar-refractivity contribution in [1.29, 1.82) is 0 Å². The van der Waals surface area contributed by atoms with E-state index < -0.39 is 0 Å². The third kappa shape index (κ3) is 3.99. The van der Waals surface area contributed by atoms with E-state index in [0.29, 0.717) is 16.9 Å². The molecule has 0 aliphatic heterocycles. The number of furan rings is 1. The van der Waals surface area contributed by atoms with E-state index in [0.717, 1.165) is 22.4 Å². The van der Waals surface area contributed by atoms with Crippen LogP contribution in [0.1, 0.15) is 20.9 Å². The zero-order chi connectivity index (χ0) is 21.9. The fourth-order valence-electron chi connectivity index (χ4n) is 3.34. The Kier molecular flexibility index (Phi) is 4.97. The number of nitrogens with zero attached hydrogens (tertiary/aromatic N) is 1. The van der Waals surface area contributed by atoms with Gasteiger partial charge in [0.2, 0.25) is 0 Å². The van der Waals surface area contributed by atoms with E-state index in [2.05, 4.69) is 20.6 Å². The minimum atomic E-state index is -0.381. The number of aromatic nitrogens is 2. The minimum Gasteiger partial charge on any atom is -0.459 e. The normalized spacial score (nSPS) is 10.8. The Morgan fingerprint density at radius 1 is 0.781 bits per heavy atom. The van der Waals surface area contributed by atoms with Crippen molar-refractivity contribution in [1.82, 2.24) is 9.97 Å². The number of imidazole rings is 1. The number of hydrogen-bond donors (Lipinski definition) is 3. The van der Waals surface area contributed by atoms with Crippen LogP contribution in [-0.4, -0.2) is 21.8 Å². The molecule has 0 saturated carbocycles. The number of fused-ring (bicyclic) bond motifs is 1. The summed E-state index contributed by atoms with van der Waals surface area (Å²) in [5.41, 5.74) is 4.36. The van der Waals surface area contributed by atoms with Crippen molar-refractivity contribution < 1.29 is 14.0 Å². The van der Waals surface area contributed by atoms with Crippen LogP contribution in [0.3, 0.4) is 0 Å². The Hall–Kier alpha value is -4.65. The molecule has 0 unspecified atom stereocenters. The Bertz CT molecular complexity index is 1370. The lowest BCUT2D eigenvalue weighted by Crippen LogP contribution is -2.14. The highest BCUT2D eigenvalue weighted by molar-refractivity contribution is 6.06. The quantitative estimate of drug-likeness (QED) is 0.356. The predicted octanol–water partition coefficient (Wildman–Crippen LogP) is 5.33. The summed E-state index contributed by atoms with van der Waals surface area (Å²) in [6.07, 6.45) is 1.43. The van der Waals surface area contributed by atoms with Crippen LogP contribution in [0.15, 0.2) is 95.6 Å². The van der Waals surface area contributed by atoms with Crippen molar-refractivity contribution in [2.75, 3.05) is 10.6 Å². The molecule has 2 heterocycles. The number of nitrogens with one attached hydrogen (secondary N) is 3. The molecule has 7 nitrogen and oxygen atoms in total. The van der Waals surface area contributed by atoms with E-state index in [1.165, 1.54) is 6.26 Å². The summed E-state index contributed by atoms with van der Waals surface area (Å²) in [6, 6.07) is 25.2. The Morgan fingerprint density at radius 3 is 2.38 bits per heavy atom. The Morgan fingerprint density at radius 2 is 1.59 bits per heavy atom. The number of benzene rings is 3. The third-order valence-corrected chi connectivity index (χ3v) is 4.93. The number of anilines is 2. The van der Waals surface area contributed by atoms with Crippen LogP contribution < -0.4 is 10.6 Å². The van der Waals surface area contributed by atoms with Crippen LogP contribution in [0.5, 0.6) is 0 Å². The molecule has 2 aromatic heterocycles. The first-order valence-corrected chi connectivity index (χ1v) is 9.97. The molecule has 0 spiro atoms. The summed E-state index contributed by atoms with van der Waals surface area (Å²) in [7, 11) is 0. The smallest absolute Gasteiger partial charge is 0.291 e. The number of rotatable bonds is 5.